The van der Waals surface area contributed by atoms with Gasteiger partial charge in [0, 0.05) is 35.1 Å². The van der Waals surface area contributed by atoms with Crippen LogP contribution in [0.3, 0.4) is 0 Å². The van der Waals surface area contributed by atoms with Crippen LogP contribution < -0.4 is 0 Å². The Morgan fingerprint density at radius 2 is 1.00 bits per heavy atom. The van der Waals surface area contributed by atoms with E-state index >= 15 is 0 Å². The maximum Gasteiger partial charge on any atom is 0.0355 e. The molecule has 1 aliphatic rings. The second-order valence-electron chi connectivity index (χ2n) is 11.9. The Labute approximate surface area is 263 Å². The first-order chi connectivity index (χ1) is 21.8. The molecule has 44 heavy (non-hydrogen) atoms. The van der Waals surface area contributed by atoms with Gasteiger partial charge in [0.25, 0.3) is 0 Å². The molecular formula is C42H26S2. The average molecular weight is 595 g/mol. The lowest BCUT2D eigenvalue weighted by Crippen LogP contribution is -1.90. The minimum atomic E-state index is 1.14. The van der Waals surface area contributed by atoms with Crippen molar-refractivity contribution < 1.29 is 0 Å². The first-order valence-electron chi connectivity index (χ1n) is 15.3. The lowest BCUT2D eigenvalue weighted by Gasteiger charge is -2.17. The molecule has 0 N–H and O–H groups in total. The number of fused-ring (bicyclic) bond motifs is 12. The van der Waals surface area contributed by atoms with Crippen molar-refractivity contribution in [3.05, 3.63) is 138 Å². The number of benzene rings is 7. The summed E-state index contributed by atoms with van der Waals surface area (Å²) < 4.78 is 4.07. The molecular weight excluding hydrogens is 569 g/mol. The third-order valence-corrected chi connectivity index (χ3v) is 11.9. The Morgan fingerprint density at radius 1 is 0.432 bits per heavy atom. The van der Waals surface area contributed by atoms with Gasteiger partial charge < -0.3 is 0 Å². The summed E-state index contributed by atoms with van der Waals surface area (Å²) in [5, 5.41) is 12.0. The second-order valence-corrected chi connectivity index (χ2v) is 14.1. The molecule has 2 heterocycles. The summed E-state index contributed by atoms with van der Waals surface area (Å²) in [4.78, 5) is 1.52. The zero-order chi connectivity index (χ0) is 28.8. The van der Waals surface area contributed by atoms with E-state index in [9.17, 15) is 0 Å². The summed E-state index contributed by atoms with van der Waals surface area (Å²) in [6.07, 6.45) is 6.97. The van der Waals surface area contributed by atoms with Crippen molar-refractivity contribution in [1.82, 2.24) is 0 Å². The molecule has 1 aliphatic carbocycles. The molecule has 0 spiro atoms. The average Bonchev–Trinajstić information content (AvgIpc) is 3.65. The monoisotopic (exact) mass is 594 g/mol. The molecule has 2 heteroatoms. The Morgan fingerprint density at radius 3 is 1.70 bits per heavy atom. The van der Waals surface area contributed by atoms with Gasteiger partial charge in [0.1, 0.15) is 0 Å². The number of allylic oxidation sites excluding steroid dienone is 1. The highest BCUT2D eigenvalue weighted by atomic mass is 32.1. The molecule has 2 aromatic heterocycles. The minimum absolute atomic E-state index is 1.14. The first kappa shape index (κ1) is 24.7. The van der Waals surface area contributed by atoms with E-state index < -0.39 is 0 Å². The molecule has 0 saturated carbocycles. The van der Waals surface area contributed by atoms with Crippen LogP contribution in [0.4, 0.5) is 0 Å². The number of hydrogen-bond donors (Lipinski definition) is 0. The van der Waals surface area contributed by atoms with Crippen LogP contribution in [-0.2, 0) is 6.42 Å². The first-order valence-corrected chi connectivity index (χ1v) is 17.0. The third-order valence-electron chi connectivity index (χ3n) is 9.51. The zero-order valence-corrected chi connectivity index (χ0v) is 25.6. The number of aryl methyl sites for hydroxylation is 1. The standard InChI is InChI=1S/C42H26S2/c1-2-10-30-29(9-1)33-15-7-13-27(25-19-21-39-35(23-25)31-11-3-5-17-37(31)43-39)41(33)42-28(14-8-16-34(30)42)26-20-22-40-36(24-26)32-12-4-6-18-38(32)44-40/h1-5,7-17,19-24H,6,18H2. The topological polar surface area (TPSA) is 0 Å². The zero-order valence-electron chi connectivity index (χ0n) is 23.9. The van der Waals surface area contributed by atoms with Gasteiger partial charge in [0.15, 0.2) is 0 Å². The normalized spacial score (nSPS) is 13.2. The van der Waals surface area contributed by atoms with Gasteiger partial charge in [-0.25, -0.2) is 0 Å². The highest BCUT2D eigenvalue weighted by Crippen LogP contribution is 2.46. The Hall–Kier alpha value is -4.76. The Kier molecular flexibility index (Phi) is 5.25. The highest BCUT2D eigenvalue weighted by molar-refractivity contribution is 7.25. The lowest BCUT2D eigenvalue weighted by atomic mass is 9.85. The van der Waals surface area contributed by atoms with Gasteiger partial charge in [0.2, 0.25) is 0 Å². The van der Waals surface area contributed by atoms with Gasteiger partial charge >= 0.3 is 0 Å². The molecule has 9 aromatic rings. The van der Waals surface area contributed by atoms with Crippen molar-refractivity contribution in [2.75, 3.05) is 0 Å². The summed E-state index contributed by atoms with van der Waals surface area (Å²) >= 11 is 3.84. The van der Waals surface area contributed by atoms with E-state index in [4.69, 9.17) is 0 Å². The fourth-order valence-electron chi connectivity index (χ4n) is 7.54. The van der Waals surface area contributed by atoms with Crippen LogP contribution in [0.15, 0.2) is 127 Å². The maximum atomic E-state index is 2.45. The summed E-state index contributed by atoms with van der Waals surface area (Å²) in [7, 11) is 0. The van der Waals surface area contributed by atoms with Crippen LogP contribution in [0, 0.1) is 0 Å². The van der Waals surface area contributed by atoms with Gasteiger partial charge in [0.05, 0.1) is 0 Å². The SMILES string of the molecule is C1=Cc2c(sc3ccc(-c4cccc5c6ccccc6c6cccc(-c7ccc8sc9ccccc9c8c7)c6c45)cc23)CC1. The van der Waals surface area contributed by atoms with Crippen molar-refractivity contribution in [3.8, 4) is 22.3 Å². The van der Waals surface area contributed by atoms with Gasteiger partial charge in [-0.05, 0) is 103 Å². The van der Waals surface area contributed by atoms with Gasteiger partial charge in [-0.1, -0.05) is 103 Å². The molecule has 0 amide bonds. The minimum Gasteiger partial charge on any atom is -0.140 e. The summed E-state index contributed by atoms with van der Waals surface area (Å²) in [6.45, 7) is 0. The van der Waals surface area contributed by atoms with E-state index in [0.29, 0.717) is 0 Å². The molecule has 0 atom stereocenters. The second kappa shape index (κ2) is 9.37. The third kappa shape index (κ3) is 3.50. The molecule has 206 valence electrons. The van der Waals surface area contributed by atoms with E-state index in [1.807, 2.05) is 22.7 Å². The molecule has 0 bridgehead atoms. The van der Waals surface area contributed by atoms with Crippen molar-refractivity contribution in [2.24, 2.45) is 0 Å². The van der Waals surface area contributed by atoms with Crippen molar-refractivity contribution in [1.29, 1.82) is 0 Å². The lowest BCUT2D eigenvalue weighted by molar-refractivity contribution is 1.02. The highest BCUT2D eigenvalue weighted by Gasteiger charge is 2.19. The van der Waals surface area contributed by atoms with Crippen LogP contribution in [0.5, 0.6) is 0 Å². The molecule has 0 unspecified atom stereocenters. The van der Waals surface area contributed by atoms with E-state index in [-0.39, 0.29) is 0 Å². The van der Waals surface area contributed by atoms with Crippen LogP contribution in [0.1, 0.15) is 16.9 Å². The molecule has 0 fully saturated rings. The van der Waals surface area contributed by atoms with E-state index in [2.05, 4.69) is 133 Å². The summed E-state index contributed by atoms with van der Waals surface area (Å²) in [5.74, 6) is 0. The molecule has 7 aromatic carbocycles. The van der Waals surface area contributed by atoms with Crippen molar-refractivity contribution in [3.63, 3.8) is 0 Å². The number of rotatable bonds is 2. The number of thiophene rings is 2. The van der Waals surface area contributed by atoms with Crippen LogP contribution in [-0.4, -0.2) is 0 Å². The smallest absolute Gasteiger partial charge is 0.0355 e. The fraction of sp³-hybridized carbons (Fsp3) is 0.0476. The molecule has 0 radical (unpaired) electrons. The van der Waals surface area contributed by atoms with Crippen molar-refractivity contribution >= 4 is 91.3 Å². The number of hydrogen-bond acceptors (Lipinski definition) is 2. The predicted octanol–water partition coefficient (Wildman–Crippen LogP) is 13.0. The maximum absolute atomic E-state index is 2.45. The predicted molar refractivity (Wildman–Crippen MR) is 195 cm³/mol. The molecule has 0 nitrogen and oxygen atoms in total. The van der Waals surface area contributed by atoms with Gasteiger partial charge in [-0.3, -0.25) is 0 Å². The quantitative estimate of drug-likeness (QED) is 0.175. The molecule has 10 rings (SSSR count). The van der Waals surface area contributed by atoms with E-state index in [0.717, 1.165) is 12.8 Å². The Bertz CT molecular complexity index is 2660. The van der Waals surface area contributed by atoms with E-state index in [1.165, 1.54) is 95.3 Å². The summed E-state index contributed by atoms with van der Waals surface area (Å²) in [6, 6.07) is 45.7. The van der Waals surface area contributed by atoms with Crippen LogP contribution in [0.2, 0.25) is 0 Å². The van der Waals surface area contributed by atoms with Gasteiger partial charge in [-0.15, -0.1) is 22.7 Å². The van der Waals surface area contributed by atoms with Crippen LogP contribution >= 0.6 is 22.7 Å². The fourth-order valence-corrected chi connectivity index (χ4v) is 9.81. The Balaban J connectivity index is 1.33. The summed E-state index contributed by atoms with van der Waals surface area (Å²) in [5.41, 5.74) is 6.57. The molecule has 0 aliphatic heterocycles. The molecule has 0 saturated heterocycles. The van der Waals surface area contributed by atoms with Crippen LogP contribution in [0.25, 0.3) is 90.9 Å². The van der Waals surface area contributed by atoms with E-state index in [1.54, 1.807) is 0 Å². The largest absolute Gasteiger partial charge is 0.140 e. The van der Waals surface area contributed by atoms with Crippen molar-refractivity contribution in [2.45, 2.75) is 12.8 Å². The van der Waals surface area contributed by atoms with Gasteiger partial charge in [-0.2, -0.15) is 0 Å².